The fourth-order valence-corrected chi connectivity index (χ4v) is 3.05. The van der Waals surface area contributed by atoms with Gasteiger partial charge in [-0.2, -0.15) is 0 Å². The Bertz CT molecular complexity index is 709. The van der Waals surface area contributed by atoms with Crippen LogP contribution in [0.4, 0.5) is 0 Å². The van der Waals surface area contributed by atoms with Gasteiger partial charge in [0, 0.05) is 9.80 Å². The van der Waals surface area contributed by atoms with Crippen molar-refractivity contribution in [1.29, 1.82) is 0 Å². The van der Waals surface area contributed by atoms with Crippen molar-refractivity contribution in [2.45, 2.75) is 31.7 Å². The topological polar surface area (TPSA) is 35.5 Å². The lowest BCUT2D eigenvalue weighted by Gasteiger charge is -2.24. The van der Waals surface area contributed by atoms with E-state index in [4.69, 9.17) is 9.47 Å². The van der Waals surface area contributed by atoms with E-state index in [1.165, 1.54) is 5.56 Å². The first-order valence-electron chi connectivity index (χ1n) is 7.68. The lowest BCUT2D eigenvalue weighted by molar-refractivity contribution is -0.158. The number of alkyl halides is 1. The second-order valence-electron chi connectivity index (χ2n) is 5.81. The first kappa shape index (κ1) is 19.0. The molecule has 0 aliphatic rings. The van der Waals surface area contributed by atoms with Crippen LogP contribution in [0.5, 0.6) is 5.75 Å². The molecule has 3 nitrogen and oxygen atoms in total. The molecular weight excluding hydrogens is 436 g/mol. The maximum atomic E-state index is 12.0. The van der Waals surface area contributed by atoms with Crippen molar-refractivity contribution in [1.82, 2.24) is 0 Å². The number of hydrogen-bond donors (Lipinski definition) is 0. The molecule has 0 atom stereocenters. The van der Waals surface area contributed by atoms with E-state index in [0.717, 1.165) is 20.9 Å². The molecule has 0 bridgehead atoms. The first-order valence-corrected chi connectivity index (χ1v) is 9.60. The summed E-state index contributed by atoms with van der Waals surface area (Å²) in [5.74, 6) is 0.243. The monoisotopic (exact) mass is 454 g/mol. The molecule has 2 rings (SSSR count). The molecule has 0 saturated heterocycles. The second-order valence-corrected chi connectivity index (χ2v) is 7.22. The van der Waals surface area contributed by atoms with Gasteiger partial charge in [0.1, 0.15) is 5.75 Å². The van der Waals surface area contributed by atoms with Gasteiger partial charge in [-0.15, -0.1) is 0 Å². The third-order valence-corrected chi connectivity index (χ3v) is 4.84. The van der Waals surface area contributed by atoms with Gasteiger partial charge in [0.25, 0.3) is 0 Å². The van der Waals surface area contributed by atoms with Crippen molar-refractivity contribution < 1.29 is 14.3 Å². The number of rotatable bonds is 6. The van der Waals surface area contributed by atoms with Crippen LogP contribution in [0, 0.1) is 0 Å². The molecule has 0 aliphatic carbocycles. The first-order chi connectivity index (χ1) is 11.4. The number of ether oxygens (including phenoxy) is 2. The lowest BCUT2D eigenvalue weighted by Crippen LogP contribution is -2.39. The molecule has 0 heterocycles. The lowest BCUT2D eigenvalue weighted by atomic mass is 10.0. The van der Waals surface area contributed by atoms with Crippen molar-refractivity contribution in [3.05, 3.63) is 52.5 Å². The highest BCUT2D eigenvalue weighted by Crippen LogP contribution is 2.33. The number of carbonyl (C=O) groups is 1. The number of halogens is 2. The SMILES string of the molecule is CCOC(=O)C(C)(C)Oc1ccc(Br)c(-c2ccc(CBr)cc2)c1. The molecule has 128 valence electrons. The Labute approximate surface area is 159 Å². The Morgan fingerprint density at radius 1 is 1.12 bits per heavy atom. The maximum absolute atomic E-state index is 12.0. The van der Waals surface area contributed by atoms with Crippen LogP contribution in [0.1, 0.15) is 26.3 Å². The van der Waals surface area contributed by atoms with Gasteiger partial charge < -0.3 is 9.47 Å². The van der Waals surface area contributed by atoms with Crippen LogP contribution in [-0.4, -0.2) is 18.2 Å². The normalized spacial score (nSPS) is 11.2. The van der Waals surface area contributed by atoms with Crippen LogP contribution >= 0.6 is 31.9 Å². The van der Waals surface area contributed by atoms with E-state index < -0.39 is 5.60 Å². The summed E-state index contributed by atoms with van der Waals surface area (Å²) in [6.07, 6.45) is 0. The van der Waals surface area contributed by atoms with Gasteiger partial charge in [-0.05, 0) is 55.7 Å². The average Bonchev–Trinajstić information content (AvgIpc) is 2.57. The Morgan fingerprint density at radius 2 is 1.79 bits per heavy atom. The number of benzene rings is 2. The fraction of sp³-hybridized carbons (Fsp3) is 0.316. The van der Waals surface area contributed by atoms with Gasteiger partial charge >= 0.3 is 5.97 Å². The number of esters is 1. The predicted octanol–water partition coefficient (Wildman–Crippen LogP) is 5.73. The molecule has 2 aromatic rings. The molecule has 0 spiro atoms. The van der Waals surface area contributed by atoms with Crippen LogP contribution in [0.25, 0.3) is 11.1 Å². The van der Waals surface area contributed by atoms with Crippen molar-refractivity contribution >= 4 is 37.8 Å². The van der Waals surface area contributed by atoms with Crippen LogP contribution in [0.15, 0.2) is 46.9 Å². The standard InChI is InChI=1S/C19H20Br2O3/c1-4-23-18(22)19(2,3)24-15-9-10-17(21)16(11-15)14-7-5-13(12-20)6-8-14/h5-11H,4,12H2,1-3H3. The Hall–Kier alpha value is -1.33. The van der Waals surface area contributed by atoms with Crippen molar-refractivity contribution in [3.8, 4) is 16.9 Å². The predicted molar refractivity (Wildman–Crippen MR) is 104 cm³/mol. The molecule has 0 N–H and O–H groups in total. The molecule has 0 unspecified atom stereocenters. The summed E-state index contributed by atoms with van der Waals surface area (Å²) >= 11 is 7.03. The molecule has 0 amide bonds. The van der Waals surface area contributed by atoms with E-state index in [9.17, 15) is 4.79 Å². The van der Waals surface area contributed by atoms with E-state index in [-0.39, 0.29) is 5.97 Å². The second kappa shape index (κ2) is 8.17. The maximum Gasteiger partial charge on any atom is 0.349 e. The van der Waals surface area contributed by atoms with Crippen LogP contribution < -0.4 is 4.74 Å². The minimum Gasteiger partial charge on any atom is -0.476 e. The largest absolute Gasteiger partial charge is 0.476 e. The van der Waals surface area contributed by atoms with E-state index in [2.05, 4.69) is 56.1 Å². The minimum absolute atomic E-state index is 0.330. The zero-order chi connectivity index (χ0) is 17.7. The van der Waals surface area contributed by atoms with Crippen molar-refractivity contribution in [3.63, 3.8) is 0 Å². The van der Waals surface area contributed by atoms with Crippen LogP contribution in [-0.2, 0) is 14.9 Å². The van der Waals surface area contributed by atoms with E-state index >= 15 is 0 Å². The summed E-state index contributed by atoms with van der Waals surface area (Å²) < 4.78 is 11.9. The smallest absolute Gasteiger partial charge is 0.349 e. The zero-order valence-electron chi connectivity index (χ0n) is 13.9. The van der Waals surface area contributed by atoms with Gasteiger partial charge in [0.2, 0.25) is 0 Å². The highest BCUT2D eigenvalue weighted by Gasteiger charge is 2.31. The Kier molecular flexibility index (Phi) is 6.47. The summed E-state index contributed by atoms with van der Waals surface area (Å²) in [4.78, 5) is 12.0. The van der Waals surface area contributed by atoms with E-state index in [1.54, 1.807) is 20.8 Å². The van der Waals surface area contributed by atoms with Crippen LogP contribution in [0.2, 0.25) is 0 Å². The minimum atomic E-state index is -1.04. The molecular formula is C19H20Br2O3. The van der Waals surface area contributed by atoms with Crippen LogP contribution in [0.3, 0.4) is 0 Å². The third kappa shape index (κ3) is 4.61. The van der Waals surface area contributed by atoms with Crippen molar-refractivity contribution in [2.24, 2.45) is 0 Å². The number of carbonyl (C=O) groups excluding carboxylic acids is 1. The molecule has 0 aromatic heterocycles. The summed E-state index contributed by atoms with van der Waals surface area (Å²) in [7, 11) is 0. The van der Waals surface area contributed by atoms with Gasteiger partial charge in [0.15, 0.2) is 5.60 Å². The quantitative estimate of drug-likeness (QED) is 0.412. The molecule has 24 heavy (non-hydrogen) atoms. The molecule has 0 fully saturated rings. The molecule has 0 saturated carbocycles. The van der Waals surface area contributed by atoms with Gasteiger partial charge in [-0.25, -0.2) is 4.79 Å². The van der Waals surface area contributed by atoms with E-state index in [1.807, 2.05) is 18.2 Å². The van der Waals surface area contributed by atoms with Gasteiger partial charge in [-0.3, -0.25) is 0 Å². The highest BCUT2D eigenvalue weighted by atomic mass is 79.9. The Morgan fingerprint density at radius 3 is 2.38 bits per heavy atom. The molecule has 0 radical (unpaired) electrons. The molecule has 5 heteroatoms. The average molecular weight is 456 g/mol. The number of hydrogen-bond acceptors (Lipinski definition) is 3. The molecule has 2 aromatic carbocycles. The summed E-state index contributed by atoms with van der Waals surface area (Å²) in [5.41, 5.74) is 2.26. The Balaban J connectivity index is 2.29. The molecule has 0 aliphatic heterocycles. The third-order valence-electron chi connectivity index (χ3n) is 3.50. The summed E-state index contributed by atoms with van der Waals surface area (Å²) in [6.45, 7) is 5.52. The zero-order valence-corrected chi connectivity index (χ0v) is 17.1. The summed E-state index contributed by atoms with van der Waals surface area (Å²) in [6, 6.07) is 14.0. The van der Waals surface area contributed by atoms with E-state index in [0.29, 0.717) is 12.4 Å². The van der Waals surface area contributed by atoms with Gasteiger partial charge in [-0.1, -0.05) is 56.1 Å². The van der Waals surface area contributed by atoms with Gasteiger partial charge in [0.05, 0.1) is 6.61 Å². The highest BCUT2D eigenvalue weighted by molar-refractivity contribution is 9.10. The fourth-order valence-electron chi connectivity index (χ4n) is 2.20. The summed E-state index contributed by atoms with van der Waals surface area (Å²) in [5, 5.41) is 0.825. The van der Waals surface area contributed by atoms with Crippen molar-refractivity contribution in [2.75, 3.05) is 6.61 Å².